The second-order valence-electron chi connectivity index (χ2n) is 5.93. The fraction of sp³-hybridized carbons (Fsp3) is 0.333. The molecule has 0 heterocycles. The highest BCUT2D eigenvalue weighted by Crippen LogP contribution is 2.25. The van der Waals surface area contributed by atoms with Crippen molar-refractivity contribution in [1.29, 1.82) is 0 Å². The van der Waals surface area contributed by atoms with Gasteiger partial charge in [-0.25, -0.2) is 13.6 Å². The second-order valence-corrected chi connectivity index (χ2v) is 7.46. The Morgan fingerprint density at radius 3 is 2.48 bits per heavy atom. The number of aryl methyl sites for hydroxylation is 1. The molecule has 0 aromatic heterocycles. The van der Waals surface area contributed by atoms with Crippen LogP contribution in [0.25, 0.3) is 0 Å². The molecule has 0 aliphatic carbocycles. The van der Waals surface area contributed by atoms with Crippen molar-refractivity contribution in [3.8, 4) is 5.75 Å². The van der Waals surface area contributed by atoms with Crippen LogP contribution >= 0.6 is 0 Å². The molecule has 136 valence electrons. The first-order chi connectivity index (χ1) is 11.9. The number of primary sulfonamides is 1. The molecule has 6 nitrogen and oxygen atoms in total. The smallest absolute Gasteiger partial charge is 0.241 e. The Balaban J connectivity index is 1.76. The highest BCUT2D eigenvalue weighted by atomic mass is 32.2. The van der Waals surface area contributed by atoms with Gasteiger partial charge in [0, 0.05) is 6.54 Å². The van der Waals surface area contributed by atoms with Crippen LogP contribution in [0, 0.1) is 0 Å². The number of nitrogens with two attached hydrogens (primary N) is 1. The molecule has 5 N–H and O–H groups in total. The first kappa shape index (κ1) is 19.4. The van der Waals surface area contributed by atoms with Gasteiger partial charge in [0.05, 0.1) is 6.10 Å². The molecule has 0 spiro atoms. The van der Waals surface area contributed by atoms with Crippen molar-refractivity contribution in [2.75, 3.05) is 13.1 Å². The molecule has 0 saturated heterocycles. The van der Waals surface area contributed by atoms with E-state index in [0.717, 1.165) is 25.8 Å². The minimum atomic E-state index is -4.03. The van der Waals surface area contributed by atoms with Gasteiger partial charge in [-0.3, -0.25) is 0 Å². The standard InChI is InChI=1S/C18H24N2O4S/c19-25(23,24)18-12-15(9-10-16(18)21)17(22)13-20-11-5-4-8-14-6-2-1-3-7-14/h1-3,6-7,9-10,12,17,20-22H,4-5,8,11,13H2,(H2,19,23,24). The first-order valence-electron chi connectivity index (χ1n) is 8.16. The average Bonchev–Trinajstić information content (AvgIpc) is 2.58. The third kappa shape index (κ3) is 6.13. The topological polar surface area (TPSA) is 113 Å². The molecule has 2 rings (SSSR count). The quantitative estimate of drug-likeness (QED) is 0.506. The van der Waals surface area contributed by atoms with E-state index in [1.165, 1.54) is 23.8 Å². The molecule has 0 bridgehead atoms. The van der Waals surface area contributed by atoms with Gasteiger partial charge in [-0.1, -0.05) is 36.4 Å². The van der Waals surface area contributed by atoms with Gasteiger partial charge < -0.3 is 15.5 Å². The van der Waals surface area contributed by atoms with E-state index in [0.29, 0.717) is 12.1 Å². The molecule has 0 radical (unpaired) electrons. The third-order valence-corrected chi connectivity index (χ3v) is 4.86. The molecule has 0 amide bonds. The summed E-state index contributed by atoms with van der Waals surface area (Å²) in [5, 5.41) is 27.9. The van der Waals surface area contributed by atoms with Gasteiger partial charge in [0.2, 0.25) is 10.0 Å². The molecule has 2 aromatic carbocycles. The first-order valence-corrected chi connectivity index (χ1v) is 9.71. The normalized spacial score (nSPS) is 12.9. The Morgan fingerprint density at radius 2 is 1.80 bits per heavy atom. The lowest BCUT2D eigenvalue weighted by molar-refractivity contribution is 0.174. The van der Waals surface area contributed by atoms with E-state index in [1.807, 2.05) is 18.2 Å². The van der Waals surface area contributed by atoms with Crippen LogP contribution in [0.15, 0.2) is 53.4 Å². The van der Waals surface area contributed by atoms with Gasteiger partial charge in [-0.2, -0.15) is 0 Å². The minimum absolute atomic E-state index is 0.292. The van der Waals surface area contributed by atoms with Crippen molar-refractivity contribution < 1.29 is 18.6 Å². The lowest BCUT2D eigenvalue weighted by Gasteiger charge is -2.14. The lowest BCUT2D eigenvalue weighted by Crippen LogP contribution is -2.23. The monoisotopic (exact) mass is 364 g/mol. The molecular weight excluding hydrogens is 340 g/mol. The van der Waals surface area contributed by atoms with Gasteiger partial charge in [-0.15, -0.1) is 0 Å². The van der Waals surface area contributed by atoms with E-state index in [2.05, 4.69) is 17.4 Å². The summed E-state index contributed by atoms with van der Waals surface area (Å²) in [6.07, 6.45) is 2.15. The molecular formula is C18H24N2O4S. The van der Waals surface area contributed by atoms with Crippen LogP contribution in [-0.2, 0) is 16.4 Å². The van der Waals surface area contributed by atoms with E-state index in [9.17, 15) is 18.6 Å². The molecule has 0 aliphatic heterocycles. The summed E-state index contributed by atoms with van der Waals surface area (Å²) in [5.74, 6) is -0.424. The van der Waals surface area contributed by atoms with Crippen LogP contribution in [0.5, 0.6) is 5.75 Å². The SMILES string of the molecule is NS(=O)(=O)c1cc(C(O)CNCCCCc2ccccc2)ccc1O. The van der Waals surface area contributed by atoms with Crippen molar-refractivity contribution in [3.63, 3.8) is 0 Å². The Hall–Kier alpha value is -1.93. The van der Waals surface area contributed by atoms with E-state index < -0.39 is 21.9 Å². The zero-order valence-electron chi connectivity index (χ0n) is 13.9. The molecule has 25 heavy (non-hydrogen) atoms. The van der Waals surface area contributed by atoms with Gasteiger partial charge in [-0.05, 0) is 49.1 Å². The highest BCUT2D eigenvalue weighted by molar-refractivity contribution is 7.89. The van der Waals surface area contributed by atoms with Crippen LogP contribution in [0.2, 0.25) is 0 Å². The number of sulfonamides is 1. The number of phenolic OH excluding ortho intramolecular Hbond substituents is 1. The maximum atomic E-state index is 11.4. The van der Waals surface area contributed by atoms with E-state index >= 15 is 0 Å². The highest BCUT2D eigenvalue weighted by Gasteiger charge is 2.17. The molecule has 1 atom stereocenters. The van der Waals surface area contributed by atoms with Crippen LogP contribution in [0.3, 0.4) is 0 Å². The van der Waals surface area contributed by atoms with Gasteiger partial charge in [0.15, 0.2) is 0 Å². The van der Waals surface area contributed by atoms with Crippen molar-refractivity contribution in [2.24, 2.45) is 5.14 Å². The second kappa shape index (κ2) is 8.96. The van der Waals surface area contributed by atoms with Crippen molar-refractivity contribution in [1.82, 2.24) is 5.32 Å². The number of unbranched alkanes of at least 4 members (excludes halogenated alkanes) is 1. The van der Waals surface area contributed by atoms with Gasteiger partial charge >= 0.3 is 0 Å². The van der Waals surface area contributed by atoms with Crippen LogP contribution < -0.4 is 10.5 Å². The Kier molecular flexibility index (Phi) is 6.95. The van der Waals surface area contributed by atoms with Crippen molar-refractivity contribution in [3.05, 3.63) is 59.7 Å². The summed E-state index contributed by atoms with van der Waals surface area (Å²) in [6, 6.07) is 14.2. The number of aliphatic hydroxyl groups excluding tert-OH is 1. The fourth-order valence-electron chi connectivity index (χ4n) is 2.55. The summed E-state index contributed by atoms with van der Waals surface area (Å²) in [5.41, 5.74) is 1.70. The summed E-state index contributed by atoms with van der Waals surface area (Å²) in [6.45, 7) is 1.05. The zero-order chi connectivity index (χ0) is 18.3. The van der Waals surface area contributed by atoms with Crippen LogP contribution in [0.1, 0.15) is 30.1 Å². The van der Waals surface area contributed by atoms with E-state index in [1.54, 1.807) is 0 Å². The van der Waals surface area contributed by atoms with Crippen LogP contribution in [0.4, 0.5) is 0 Å². The predicted octanol–water partition coefficient (Wildman–Crippen LogP) is 1.69. The van der Waals surface area contributed by atoms with Crippen molar-refractivity contribution in [2.45, 2.75) is 30.3 Å². The molecule has 1 unspecified atom stereocenters. The zero-order valence-corrected chi connectivity index (χ0v) is 14.7. The third-order valence-electron chi connectivity index (χ3n) is 3.92. The van der Waals surface area contributed by atoms with Crippen molar-refractivity contribution >= 4 is 10.0 Å². The largest absolute Gasteiger partial charge is 0.507 e. The minimum Gasteiger partial charge on any atom is -0.507 e. The number of benzene rings is 2. The molecule has 2 aromatic rings. The fourth-order valence-corrected chi connectivity index (χ4v) is 3.21. The van der Waals surface area contributed by atoms with Crippen LogP contribution in [-0.4, -0.2) is 31.7 Å². The summed E-state index contributed by atoms with van der Waals surface area (Å²) < 4.78 is 22.8. The number of phenols is 1. The maximum Gasteiger partial charge on any atom is 0.241 e. The maximum absolute atomic E-state index is 11.4. The number of hydrogen-bond donors (Lipinski definition) is 4. The Labute approximate surface area is 148 Å². The summed E-state index contributed by atoms with van der Waals surface area (Å²) in [7, 11) is -4.03. The molecule has 0 fully saturated rings. The number of rotatable bonds is 9. The van der Waals surface area contributed by atoms with E-state index in [4.69, 9.17) is 5.14 Å². The number of nitrogens with one attached hydrogen (secondary N) is 1. The number of hydrogen-bond acceptors (Lipinski definition) is 5. The summed E-state index contributed by atoms with van der Waals surface area (Å²) in [4.78, 5) is -0.382. The summed E-state index contributed by atoms with van der Waals surface area (Å²) >= 11 is 0. The lowest BCUT2D eigenvalue weighted by atomic mass is 10.1. The molecule has 7 heteroatoms. The number of aromatic hydroxyl groups is 1. The molecule has 0 saturated carbocycles. The predicted molar refractivity (Wildman–Crippen MR) is 96.7 cm³/mol. The van der Waals surface area contributed by atoms with Gasteiger partial charge in [0.25, 0.3) is 0 Å². The Morgan fingerprint density at radius 1 is 1.08 bits per heavy atom. The average molecular weight is 364 g/mol. The van der Waals surface area contributed by atoms with E-state index in [-0.39, 0.29) is 4.90 Å². The Bertz CT molecular complexity index is 779. The number of aliphatic hydroxyl groups is 1. The molecule has 0 aliphatic rings. The van der Waals surface area contributed by atoms with Gasteiger partial charge in [0.1, 0.15) is 10.6 Å².